The molecule has 1 heterocycles. The number of hydrogen-bond acceptors (Lipinski definition) is 5. The van der Waals surface area contributed by atoms with Gasteiger partial charge in [0.05, 0.1) is 18.7 Å². The van der Waals surface area contributed by atoms with Crippen LogP contribution in [0.5, 0.6) is 5.75 Å². The van der Waals surface area contributed by atoms with Crippen molar-refractivity contribution in [1.82, 2.24) is 9.80 Å². The Kier molecular flexibility index (Phi) is 7.70. The van der Waals surface area contributed by atoms with Crippen molar-refractivity contribution in [3.63, 3.8) is 0 Å². The van der Waals surface area contributed by atoms with Crippen LogP contribution in [0, 0.1) is 6.92 Å². The second kappa shape index (κ2) is 10.5. The Hall–Kier alpha value is -3.12. The highest BCUT2D eigenvalue weighted by Gasteiger charge is 2.45. The highest BCUT2D eigenvalue weighted by Crippen LogP contribution is 2.39. The Morgan fingerprint density at radius 2 is 1.78 bits per heavy atom. The first-order valence-electron chi connectivity index (χ1n) is 11.1. The van der Waals surface area contributed by atoms with Crippen molar-refractivity contribution >= 4 is 17.4 Å². The number of methoxy groups -OCH3 is 1. The molecule has 0 spiro atoms. The molecule has 2 aromatic rings. The van der Waals surface area contributed by atoms with E-state index >= 15 is 0 Å². The average molecular weight is 437 g/mol. The van der Waals surface area contributed by atoms with Gasteiger partial charge < -0.3 is 19.6 Å². The van der Waals surface area contributed by atoms with Crippen LogP contribution in [0.2, 0.25) is 0 Å². The minimum absolute atomic E-state index is 0.120. The Balaban J connectivity index is 2.03. The maximum atomic E-state index is 13.1. The van der Waals surface area contributed by atoms with Gasteiger partial charge in [0.25, 0.3) is 11.7 Å². The summed E-state index contributed by atoms with van der Waals surface area (Å²) in [7, 11) is 1.54. The van der Waals surface area contributed by atoms with Crippen LogP contribution in [-0.2, 0) is 9.59 Å². The largest absolute Gasteiger partial charge is 0.507 e. The number of hydrogen-bond donors (Lipinski definition) is 1. The van der Waals surface area contributed by atoms with E-state index in [-0.39, 0.29) is 11.3 Å². The zero-order valence-corrected chi connectivity index (χ0v) is 19.3. The molecule has 1 aliphatic heterocycles. The molecule has 0 radical (unpaired) electrons. The van der Waals surface area contributed by atoms with Gasteiger partial charge >= 0.3 is 0 Å². The molecule has 0 aromatic heterocycles. The number of carbonyl (C=O) groups excluding carboxylic acids is 2. The summed E-state index contributed by atoms with van der Waals surface area (Å²) in [4.78, 5) is 30.0. The van der Waals surface area contributed by atoms with Crippen molar-refractivity contribution in [2.75, 3.05) is 33.3 Å². The van der Waals surface area contributed by atoms with Gasteiger partial charge in [-0.1, -0.05) is 55.8 Å². The van der Waals surface area contributed by atoms with E-state index in [1.807, 2.05) is 31.2 Å². The molecule has 3 rings (SSSR count). The number of Topliss-reactive ketones (excluding diaryl/α,β-unsaturated/α-hetero) is 1. The molecule has 32 heavy (non-hydrogen) atoms. The molecule has 170 valence electrons. The number of benzene rings is 2. The molecule has 0 bridgehead atoms. The summed E-state index contributed by atoms with van der Waals surface area (Å²) in [5.74, 6) is -0.841. The molecule has 1 fully saturated rings. The third-order valence-electron chi connectivity index (χ3n) is 6.04. The number of likely N-dealkylation sites (tertiary alicyclic amines) is 1. The number of ketones is 1. The van der Waals surface area contributed by atoms with E-state index in [0.29, 0.717) is 17.9 Å². The predicted molar refractivity (Wildman–Crippen MR) is 126 cm³/mol. The Labute approximate surface area is 190 Å². The molecule has 0 aliphatic carbocycles. The van der Waals surface area contributed by atoms with E-state index in [2.05, 4.69) is 18.7 Å². The second-order valence-electron chi connectivity index (χ2n) is 8.02. The van der Waals surface area contributed by atoms with E-state index < -0.39 is 17.7 Å². The standard InChI is InChI=1S/C26H32N2O4/c1-5-27(6-2)15-8-16-28-23(19-13-11-18(3)12-14-19)22(25(30)26(28)31)24(29)20-9-7-10-21(17-20)32-4/h7,9-14,17,23,29H,5-6,8,15-16H2,1-4H3/b24-22+/t23-/m0/s1. The third-order valence-corrected chi connectivity index (χ3v) is 6.04. The highest BCUT2D eigenvalue weighted by molar-refractivity contribution is 6.46. The molecular formula is C26H32N2O4. The van der Waals surface area contributed by atoms with Gasteiger partial charge in [0.15, 0.2) is 0 Å². The maximum absolute atomic E-state index is 13.1. The lowest BCUT2D eigenvalue weighted by Gasteiger charge is -2.27. The number of aliphatic hydroxyl groups is 1. The molecule has 6 nitrogen and oxygen atoms in total. The molecule has 2 aromatic carbocycles. The van der Waals surface area contributed by atoms with Crippen molar-refractivity contribution in [3.05, 3.63) is 70.8 Å². The second-order valence-corrected chi connectivity index (χ2v) is 8.02. The zero-order valence-electron chi connectivity index (χ0n) is 19.3. The van der Waals surface area contributed by atoms with Gasteiger partial charge in [-0.2, -0.15) is 0 Å². The molecule has 1 aliphatic rings. The molecule has 1 N–H and O–H groups in total. The highest BCUT2D eigenvalue weighted by atomic mass is 16.5. The fraction of sp³-hybridized carbons (Fsp3) is 0.385. The SMILES string of the molecule is CCN(CC)CCCN1C(=O)C(=O)/C(=C(/O)c2cccc(OC)c2)[C@@H]1c1ccc(C)cc1. The topological polar surface area (TPSA) is 70.1 Å². The Morgan fingerprint density at radius 1 is 1.09 bits per heavy atom. The van der Waals surface area contributed by atoms with Crippen LogP contribution in [0.4, 0.5) is 0 Å². The van der Waals surface area contributed by atoms with E-state index in [9.17, 15) is 14.7 Å². The lowest BCUT2D eigenvalue weighted by atomic mass is 9.94. The van der Waals surface area contributed by atoms with Crippen molar-refractivity contribution in [3.8, 4) is 5.75 Å². The minimum atomic E-state index is -0.654. The van der Waals surface area contributed by atoms with Crippen molar-refractivity contribution in [2.24, 2.45) is 0 Å². The molecule has 1 atom stereocenters. The lowest BCUT2D eigenvalue weighted by molar-refractivity contribution is -0.140. The molecule has 6 heteroatoms. The van der Waals surface area contributed by atoms with E-state index in [1.165, 1.54) is 0 Å². The summed E-state index contributed by atoms with van der Waals surface area (Å²) < 4.78 is 5.26. The average Bonchev–Trinajstić information content (AvgIpc) is 3.07. The monoisotopic (exact) mass is 436 g/mol. The van der Waals surface area contributed by atoms with Gasteiger partial charge in [0.2, 0.25) is 0 Å². The molecule has 0 saturated carbocycles. The number of rotatable bonds is 9. The summed E-state index contributed by atoms with van der Waals surface area (Å²) in [5, 5.41) is 11.1. The van der Waals surface area contributed by atoms with Crippen LogP contribution >= 0.6 is 0 Å². The first kappa shape index (κ1) is 23.5. The number of carbonyl (C=O) groups is 2. The Morgan fingerprint density at radius 3 is 2.41 bits per heavy atom. The van der Waals surface area contributed by atoms with Crippen LogP contribution in [0.1, 0.15) is 43.0 Å². The van der Waals surface area contributed by atoms with Gasteiger partial charge in [0, 0.05) is 12.1 Å². The fourth-order valence-electron chi connectivity index (χ4n) is 4.14. The minimum Gasteiger partial charge on any atom is -0.507 e. The molecular weight excluding hydrogens is 404 g/mol. The zero-order chi connectivity index (χ0) is 23.3. The summed E-state index contributed by atoms with van der Waals surface area (Å²) in [5.41, 5.74) is 2.46. The molecule has 1 amide bonds. The van der Waals surface area contributed by atoms with E-state index in [4.69, 9.17) is 4.74 Å². The summed E-state index contributed by atoms with van der Waals surface area (Å²) in [6.07, 6.45) is 0.746. The number of aryl methyl sites for hydroxylation is 1. The number of aliphatic hydroxyl groups excluding tert-OH is 1. The lowest BCUT2D eigenvalue weighted by Crippen LogP contribution is -2.33. The predicted octanol–water partition coefficient (Wildman–Crippen LogP) is 4.16. The van der Waals surface area contributed by atoms with E-state index in [1.54, 1.807) is 36.3 Å². The van der Waals surface area contributed by atoms with E-state index in [0.717, 1.165) is 37.2 Å². The van der Waals surface area contributed by atoms with Crippen LogP contribution < -0.4 is 4.74 Å². The normalized spacial score (nSPS) is 17.9. The quantitative estimate of drug-likeness (QED) is 0.363. The summed E-state index contributed by atoms with van der Waals surface area (Å²) in [6.45, 7) is 9.35. The number of nitrogens with zero attached hydrogens (tertiary/aromatic N) is 2. The number of amides is 1. The Bertz CT molecular complexity index is 993. The smallest absolute Gasteiger partial charge is 0.295 e. The fourth-order valence-corrected chi connectivity index (χ4v) is 4.14. The summed E-state index contributed by atoms with van der Waals surface area (Å²) in [6, 6.07) is 14.0. The van der Waals surface area contributed by atoms with Crippen LogP contribution in [-0.4, -0.2) is 59.9 Å². The van der Waals surface area contributed by atoms with Gasteiger partial charge in [-0.25, -0.2) is 0 Å². The first-order valence-corrected chi connectivity index (χ1v) is 11.1. The maximum Gasteiger partial charge on any atom is 0.295 e. The van der Waals surface area contributed by atoms with Crippen molar-refractivity contribution < 1.29 is 19.4 Å². The third kappa shape index (κ3) is 4.86. The van der Waals surface area contributed by atoms with Crippen LogP contribution in [0.3, 0.4) is 0 Å². The molecule has 1 saturated heterocycles. The molecule has 0 unspecified atom stereocenters. The number of ether oxygens (including phenoxy) is 1. The van der Waals surface area contributed by atoms with Crippen LogP contribution in [0.15, 0.2) is 54.1 Å². The van der Waals surface area contributed by atoms with Crippen molar-refractivity contribution in [1.29, 1.82) is 0 Å². The van der Waals surface area contributed by atoms with Gasteiger partial charge in [-0.15, -0.1) is 0 Å². The summed E-state index contributed by atoms with van der Waals surface area (Å²) >= 11 is 0. The van der Waals surface area contributed by atoms with Crippen LogP contribution in [0.25, 0.3) is 5.76 Å². The van der Waals surface area contributed by atoms with Gasteiger partial charge in [-0.3, -0.25) is 9.59 Å². The van der Waals surface area contributed by atoms with Gasteiger partial charge in [0.1, 0.15) is 11.5 Å². The van der Waals surface area contributed by atoms with Gasteiger partial charge in [-0.05, 0) is 50.7 Å². The van der Waals surface area contributed by atoms with Crippen molar-refractivity contribution in [2.45, 2.75) is 33.2 Å². The first-order chi connectivity index (χ1) is 15.4.